The Morgan fingerprint density at radius 1 is 1.21 bits per heavy atom. The molecule has 3 rings (SSSR count). The van der Waals surface area contributed by atoms with Crippen molar-refractivity contribution in [1.82, 2.24) is 15.3 Å². The Kier molecular flexibility index (Phi) is 5.88. The summed E-state index contributed by atoms with van der Waals surface area (Å²) in [7, 11) is 0. The molecule has 0 atom stereocenters. The molecule has 0 radical (unpaired) electrons. The molecule has 1 saturated heterocycles. The highest BCUT2D eigenvalue weighted by Crippen LogP contribution is 2.28. The van der Waals surface area contributed by atoms with Crippen LogP contribution in [0.2, 0.25) is 0 Å². The van der Waals surface area contributed by atoms with E-state index in [9.17, 15) is 4.79 Å². The molecule has 1 amide bonds. The van der Waals surface area contributed by atoms with Crippen molar-refractivity contribution in [1.29, 1.82) is 0 Å². The van der Waals surface area contributed by atoms with Gasteiger partial charge >= 0.3 is 0 Å². The topological polar surface area (TPSA) is 70.2 Å². The van der Waals surface area contributed by atoms with Gasteiger partial charge in [0.25, 0.3) is 0 Å². The number of hydrogen-bond acceptors (Lipinski definition) is 5. The van der Waals surface area contributed by atoms with E-state index in [-0.39, 0.29) is 5.91 Å². The van der Waals surface area contributed by atoms with Crippen molar-refractivity contribution in [2.75, 3.05) is 36.4 Å². The second kappa shape index (κ2) is 8.31. The van der Waals surface area contributed by atoms with E-state index < -0.39 is 0 Å². The van der Waals surface area contributed by atoms with Crippen LogP contribution in [0.4, 0.5) is 11.6 Å². The van der Waals surface area contributed by atoms with Crippen LogP contribution in [0.5, 0.6) is 0 Å². The van der Waals surface area contributed by atoms with Crippen LogP contribution in [0.15, 0.2) is 12.4 Å². The maximum atomic E-state index is 11.9. The van der Waals surface area contributed by atoms with E-state index in [4.69, 9.17) is 0 Å². The highest BCUT2D eigenvalue weighted by atomic mass is 16.1. The van der Waals surface area contributed by atoms with Crippen LogP contribution in [0.25, 0.3) is 0 Å². The van der Waals surface area contributed by atoms with Crippen molar-refractivity contribution < 1.29 is 4.79 Å². The van der Waals surface area contributed by atoms with Crippen LogP contribution in [0.3, 0.4) is 0 Å². The van der Waals surface area contributed by atoms with E-state index in [2.05, 4.69) is 32.4 Å². The number of amides is 1. The third-order valence-corrected chi connectivity index (χ3v) is 5.01. The predicted molar refractivity (Wildman–Crippen MR) is 96.1 cm³/mol. The molecule has 1 aromatic heterocycles. The van der Waals surface area contributed by atoms with E-state index in [1.165, 1.54) is 12.8 Å². The summed E-state index contributed by atoms with van der Waals surface area (Å²) >= 11 is 0. The van der Waals surface area contributed by atoms with Crippen LogP contribution >= 0.6 is 0 Å². The maximum absolute atomic E-state index is 11.9. The molecule has 2 aliphatic rings. The highest BCUT2D eigenvalue weighted by molar-refractivity contribution is 5.75. The lowest BCUT2D eigenvalue weighted by atomic mass is 9.92. The molecule has 0 unspecified atom stereocenters. The summed E-state index contributed by atoms with van der Waals surface area (Å²) in [4.78, 5) is 22.8. The summed E-state index contributed by atoms with van der Waals surface area (Å²) in [6.45, 7) is 5.84. The average Bonchev–Trinajstić information content (AvgIpc) is 3.44. The first-order chi connectivity index (χ1) is 11.7. The maximum Gasteiger partial charge on any atom is 0.220 e. The lowest BCUT2D eigenvalue weighted by Gasteiger charge is -2.32. The van der Waals surface area contributed by atoms with Gasteiger partial charge in [0.05, 0.1) is 0 Å². The average molecular weight is 331 g/mol. The number of hydrogen-bond donors (Lipinski definition) is 2. The smallest absolute Gasteiger partial charge is 0.220 e. The summed E-state index contributed by atoms with van der Waals surface area (Å²) in [6.07, 6.45) is 8.16. The van der Waals surface area contributed by atoms with E-state index in [1.54, 1.807) is 6.33 Å². The van der Waals surface area contributed by atoms with Gasteiger partial charge in [0, 0.05) is 38.7 Å². The number of aromatic nitrogens is 2. The number of carbonyl (C=O) groups excluding carboxylic acids is 1. The molecule has 0 aromatic carbocycles. The molecule has 0 spiro atoms. The zero-order valence-electron chi connectivity index (χ0n) is 14.6. The van der Waals surface area contributed by atoms with Crippen LogP contribution in [0.1, 0.15) is 45.4 Å². The lowest BCUT2D eigenvalue weighted by molar-refractivity contribution is -0.121. The van der Waals surface area contributed by atoms with Crippen molar-refractivity contribution >= 4 is 17.5 Å². The van der Waals surface area contributed by atoms with Crippen molar-refractivity contribution in [2.24, 2.45) is 11.8 Å². The molecule has 1 saturated carbocycles. The Balaban J connectivity index is 1.38. The minimum Gasteiger partial charge on any atom is -0.370 e. The number of carbonyl (C=O) groups is 1. The van der Waals surface area contributed by atoms with Gasteiger partial charge in [-0.1, -0.05) is 0 Å². The van der Waals surface area contributed by atoms with Gasteiger partial charge in [-0.2, -0.15) is 0 Å². The molecule has 1 aromatic rings. The minimum absolute atomic E-state index is 0.232. The molecule has 24 heavy (non-hydrogen) atoms. The van der Waals surface area contributed by atoms with Gasteiger partial charge in [-0.25, -0.2) is 9.97 Å². The predicted octanol–water partition coefficient (Wildman–Crippen LogP) is 2.43. The van der Waals surface area contributed by atoms with Crippen molar-refractivity contribution in [3.63, 3.8) is 0 Å². The molecule has 2 fully saturated rings. The third kappa shape index (κ3) is 5.08. The van der Waals surface area contributed by atoms with Crippen molar-refractivity contribution in [2.45, 2.75) is 45.4 Å². The van der Waals surface area contributed by atoms with E-state index in [0.29, 0.717) is 12.3 Å². The number of anilines is 2. The fraction of sp³-hybridized carbons (Fsp3) is 0.722. The van der Waals surface area contributed by atoms with E-state index >= 15 is 0 Å². The molecular weight excluding hydrogens is 302 g/mol. The van der Waals surface area contributed by atoms with Gasteiger partial charge in [0.2, 0.25) is 5.91 Å². The summed E-state index contributed by atoms with van der Waals surface area (Å²) in [6, 6.07) is 2.02. The monoisotopic (exact) mass is 331 g/mol. The second-order valence-electron chi connectivity index (χ2n) is 7.01. The van der Waals surface area contributed by atoms with E-state index in [1.807, 2.05) is 6.07 Å². The summed E-state index contributed by atoms with van der Waals surface area (Å²) in [5.74, 6) is 3.54. The molecule has 1 aliphatic carbocycles. The van der Waals surface area contributed by atoms with Crippen LogP contribution in [0, 0.1) is 11.8 Å². The quantitative estimate of drug-likeness (QED) is 0.765. The van der Waals surface area contributed by atoms with Gasteiger partial charge in [0.1, 0.15) is 18.0 Å². The zero-order chi connectivity index (χ0) is 16.8. The Labute approximate surface area is 144 Å². The van der Waals surface area contributed by atoms with E-state index in [0.717, 1.165) is 63.0 Å². The number of nitrogens with one attached hydrogen (secondary N) is 2. The first-order valence-corrected chi connectivity index (χ1v) is 9.32. The Hall–Kier alpha value is -1.85. The first kappa shape index (κ1) is 17.0. The number of piperidine rings is 1. The molecule has 2 heterocycles. The second-order valence-corrected chi connectivity index (χ2v) is 7.01. The highest BCUT2D eigenvalue weighted by Gasteiger charge is 2.23. The Bertz CT molecular complexity index is 538. The van der Waals surface area contributed by atoms with Gasteiger partial charge < -0.3 is 15.5 Å². The standard InChI is InChI=1S/C18H29N5O/c1-2-19-16-11-17(22-13-21-16)23-9-7-14(8-10-23)5-6-18(24)20-12-15-3-4-15/h11,13-15H,2-10,12H2,1H3,(H,20,24)(H,19,21,22). The van der Waals surface area contributed by atoms with Crippen LogP contribution < -0.4 is 15.5 Å². The SMILES string of the molecule is CCNc1cc(N2CCC(CCC(=O)NCC3CC3)CC2)ncn1. The van der Waals surface area contributed by atoms with Gasteiger partial charge in [-0.3, -0.25) is 4.79 Å². The van der Waals surface area contributed by atoms with Crippen molar-refractivity contribution in [3.8, 4) is 0 Å². The van der Waals surface area contributed by atoms with Gasteiger partial charge in [-0.05, 0) is 50.9 Å². The lowest BCUT2D eigenvalue weighted by Crippen LogP contribution is -2.35. The number of rotatable bonds is 8. The third-order valence-electron chi connectivity index (χ3n) is 5.01. The molecule has 2 N–H and O–H groups in total. The molecule has 6 heteroatoms. The summed E-state index contributed by atoms with van der Waals surface area (Å²) in [5.41, 5.74) is 0. The van der Waals surface area contributed by atoms with Gasteiger partial charge in [0.15, 0.2) is 0 Å². The van der Waals surface area contributed by atoms with Crippen molar-refractivity contribution in [3.05, 3.63) is 12.4 Å². The zero-order valence-corrected chi connectivity index (χ0v) is 14.6. The largest absolute Gasteiger partial charge is 0.370 e. The van der Waals surface area contributed by atoms with Crippen LogP contribution in [-0.2, 0) is 4.79 Å². The van der Waals surface area contributed by atoms with Gasteiger partial charge in [-0.15, -0.1) is 0 Å². The first-order valence-electron chi connectivity index (χ1n) is 9.32. The summed E-state index contributed by atoms with van der Waals surface area (Å²) in [5, 5.41) is 6.29. The fourth-order valence-corrected chi connectivity index (χ4v) is 3.25. The Morgan fingerprint density at radius 3 is 2.71 bits per heavy atom. The summed E-state index contributed by atoms with van der Waals surface area (Å²) < 4.78 is 0. The molecular formula is C18H29N5O. The molecule has 132 valence electrons. The molecule has 6 nitrogen and oxygen atoms in total. The fourth-order valence-electron chi connectivity index (χ4n) is 3.25. The normalized spacial score (nSPS) is 18.5. The molecule has 1 aliphatic heterocycles. The molecule has 0 bridgehead atoms. The van der Waals surface area contributed by atoms with Crippen LogP contribution in [-0.4, -0.2) is 42.1 Å². The Morgan fingerprint density at radius 2 is 2.00 bits per heavy atom. The number of nitrogens with zero attached hydrogens (tertiary/aromatic N) is 3. The minimum atomic E-state index is 0.232.